The minimum atomic E-state index is -0.304. The van der Waals surface area contributed by atoms with E-state index in [1.54, 1.807) is 20.1 Å². The molecule has 1 aliphatic rings. The topological polar surface area (TPSA) is 29.5 Å². The molecule has 98 valence electrons. The van der Waals surface area contributed by atoms with E-state index in [1.165, 1.54) is 12.1 Å². The molecule has 1 amide bonds. The number of methoxy groups -OCH3 is 1. The van der Waals surface area contributed by atoms with Gasteiger partial charge in [0.25, 0.3) is 5.91 Å². The van der Waals surface area contributed by atoms with Crippen molar-refractivity contribution in [1.82, 2.24) is 4.90 Å². The van der Waals surface area contributed by atoms with Gasteiger partial charge in [-0.1, -0.05) is 0 Å². The van der Waals surface area contributed by atoms with Crippen LogP contribution < -0.4 is 0 Å². The number of carbonyl (C=O) groups excluding carboxylic acids is 1. The fourth-order valence-electron chi connectivity index (χ4n) is 2.33. The van der Waals surface area contributed by atoms with Crippen LogP contribution in [0.4, 0.5) is 4.39 Å². The van der Waals surface area contributed by atoms with Crippen molar-refractivity contribution in [2.24, 2.45) is 0 Å². The van der Waals surface area contributed by atoms with Gasteiger partial charge in [0.2, 0.25) is 0 Å². The number of hydrogen-bond donors (Lipinski definition) is 0. The highest BCUT2D eigenvalue weighted by Crippen LogP contribution is 2.18. The summed E-state index contributed by atoms with van der Waals surface area (Å²) in [6, 6.07) is 4.30. The van der Waals surface area contributed by atoms with Crippen LogP contribution in [-0.2, 0) is 4.74 Å². The van der Waals surface area contributed by atoms with Crippen molar-refractivity contribution >= 4 is 5.91 Å². The Morgan fingerprint density at radius 2 is 2.06 bits per heavy atom. The summed E-state index contributed by atoms with van der Waals surface area (Å²) in [6.07, 6.45) is 1.98. The number of nitrogens with zero attached hydrogens (tertiary/aromatic N) is 1. The van der Waals surface area contributed by atoms with Crippen LogP contribution in [0.3, 0.4) is 0 Å². The molecule has 0 N–H and O–H groups in total. The lowest BCUT2D eigenvalue weighted by molar-refractivity contribution is 0.0350. The fourth-order valence-corrected chi connectivity index (χ4v) is 2.33. The molecule has 0 atom stereocenters. The van der Waals surface area contributed by atoms with E-state index in [9.17, 15) is 9.18 Å². The van der Waals surface area contributed by atoms with Gasteiger partial charge in [-0.25, -0.2) is 4.39 Å². The van der Waals surface area contributed by atoms with E-state index in [-0.39, 0.29) is 17.8 Å². The van der Waals surface area contributed by atoms with Crippen molar-refractivity contribution in [2.45, 2.75) is 25.9 Å². The summed E-state index contributed by atoms with van der Waals surface area (Å²) in [5, 5.41) is 0. The van der Waals surface area contributed by atoms with E-state index in [0.29, 0.717) is 24.2 Å². The van der Waals surface area contributed by atoms with E-state index in [0.717, 1.165) is 12.8 Å². The molecule has 18 heavy (non-hydrogen) atoms. The van der Waals surface area contributed by atoms with E-state index < -0.39 is 0 Å². The highest BCUT2D eigenvalue weighted by molar-refractivity contribution is 5.95. The number of benzene rings is 1. The molecule has 0 aliphatic carbocycles. The smallest absolute Gasteiger partial charge is 0.254 e. The van der Waals surface area contributed by atoms with Gasteiger partial charge < -0.3 is 9.64 Å². The van der Waals surface area contributed by atoms with Crippen LogP contribution in [0.5, 0.6) is 0 Å². The molecule has 0 radical (unpaired) electrons. The van der Waals surface area contributed by atoms with Crippen LogP contribution >= 0.6 is 0 Å². The summed E-state index contributed by atoms with van der Waals surface area (Å²) in [7, 11) is 1.70. The molecule has 1 aromatic rings. The number of hydrogen-bond acceptors (Lipinski definition) is 2. The summed E-state index contributed by atoms with van der Waals surface area (Å²) in [5.41, 5.74) is 1.28. The fraction of sp³-hybridized carbons (Fsp3) is 0.500. The van der Waals surface area contributed by atoms with E-state index in [4.69, 9.17) is 4.74 Å². The molecule has 0 bridgehead atoms. The standard InChI is InChI=1S/C14H18FNO2/c1-10-9-11(15)3-4-13(10)14(17)16-7-5-12(18-2)6-8-16/h3-4,9,12H,5-8H2,1-2H3. The Kier molecular flexibility index (Phi) is 3.97. The summed E-state index contributed by atoms with van der Waals surface area (Å²) in [5.74, 6) is -0.316. The maximum atomic E-state index is 13.0. The number of halogens is 1. The molecular weight excluding hydrogens is 233 g/mol. The van der Waals surface area contributed by atoms with Gasteiger partial charge >= 0.3 is 0 Å². The molecule has 4 heteroatoms. The van der Waals surface area contributed by atoms with Crippen molar-refractivity contribution in [2.75, 3.05) is 20.2 Å². The zero-order valence-electron chi connectivity index (χ0n) is 10.8. The second kappa shape index (κ2) is 5.48. The molecule has 1 heterocycles. The average Bonchev–Trinajstić information content (AvgIpc) is 2.38. The molecule has 0 aromatic heterocycles. The van der Waals surface area contributed by atoms with Crippen LogP contribution in [-0.4, -0.2) is 37.1 Å². The largest absolute Gasteiger partial charge is 0.381 e. The molecule has 0 saturated carbocycles. The van der Waals surface area contributed by atoms with E-state index in [1.807, 2.05) is 4.90 Å². The van der Waals surface area contributed by atoms with Gasteiger partial charge in [-0.2, -0.15) is 0 Å². The van der Waals surface area contributed by atoms with Crippen LogP contribution in [0.15, 0.2) is 18.2 Å². The van der Waals surface area contributed by atoms with Gasteiger partial charge in [-0.15, -0.1) is 0 Å². The highest BCUT2D eigenvalue weighted by atomic mass is 19.1. The van der Waals surface area contributed by atoms with E-state index >= 15 is 0 Å². The summed E-state index contributed by atoms with van der Waals surface area (Å²) < 4.78 is 18.3. The number of amides is 1. The van der Waals surface area contributed by atoms with Gasteiger partial charge in [0, 0.05) is 25.8 Å². The maximum absolute atomic E-state index is 13.0. The Morgan fingerprint density at radius 3 is 2.61 bits per heavy atom. The van der Waals surface area contributed by atoms with Gasteiger partial charge in [0.05, 0.1) is 6.10 Å². The number of rotatable bonds is 2. The first-order valence-electron chi connectivity index (χ1n) is 6.20. The molecule has 3 nitrogen and oxygen atoms in total. The molecule has 0 spiro atoms. The number of piperidine rings is 1. The minimum Gasteiger partial charge on any atom is -0.381 e. The SMILES string of the molecule is COC1CCN(C(=O)c2ccc(F)cc2C)CC1. The predicted octanol–water partition coefficient (Wildman–Crippen LogP) is 2.39. The summed E-state index contributed by atoms with van der Waals surface area (Å²) in [4.78, 5) is 14.1. The van der Waals surface area contributed by atoms with Crippen molar-refractivity contribution in [3.8, 4) is 0 Å². The van der Waals surface area contributed by atoms with Crippen LogP contribution in [0.25, 0.3) is 0 Å². The van der Waals surface area contributed by atoms with Crippen LogP contribution in [0, 0.1) is 12.7 Å². The number of ether oxygens (including phenoxy) is 1. The number of carbonyl (C=O) groups is 1. The van der Waals surface area contributed by atoms with Crippen molar-refractivity contribution in [3.05, 3.63) is 35.1 Å². The molecule has 1 saturated heterocycles. The van der Waals surface area contributed by atoms with Crippen LogP contribution in [0.2, 0.25) is 0 Å². The van der Waals surface area contributed by atoms with E-state index in [2.05, 4.69) is 0 Å². The van der Waals surface area contributed by atoms with Crippen molar-refractivity contribution in [1.29, 1.82) is 0 Å². The lowest BCUT2D eigenvalue weighted by Gasteiger charge is -2.31. The third kappa shape index (κ3) is 2.70. The maximum Gasteiger partial charge on any atom is 0.254 e. The van der Waals surface area contributed by atoms with Crippen molar-refractivity contribution < 1.29 is 13.9 Å². The molecule has 0 unspecified atom stereocenters. The molecule has 1 aromatic carbocycles. The first kappa shape index (κ1) is 13.0. The Balaban J connectivity index is 2.08. The minimum absolute atomic E-state index is 0.0120. The highest BCUT2D eigenvalue weighted by Gasteiger charge is 2.24. The summed E-state index contributed by atoms with van der Waals surface area (Å²) in [6.45, 7) is 3.17. The molecular formula is C14H18FNO2. The number of aryl methyl sites for hydroxylation is 1. The Bertz CT molecular complexity index is 439. The van der Waals surface area contributed by atoms with Gasteiger partial charge in [-0.3, -0.25) is 4.79 Å². The van der Waals surface area contributed by atoms with Crippen LogP contribution in [0.1, 0.15) is 28.8 Å². The third-order valence-electron chi connectivity index (χ3n) is 3.48. The Morgan fingerprint density at radius 1 is 1.39 bits per heavy atom. The molecule has 1 fully saturated rings. The molecule has 2 rings (SSSR count). The lowest BCUT2D eigenvalue weighted by Crippen LogP contribution is -2.40. The second-order valence-electron chi connectivity index (χ2n) is 4.69. The average molecular weight is 251 g/mol. The van der Waals surface area contributed by atoms with Gasteiger partial charge in [-0.05, 0) is 43.5 Å². The second-order valence-corrected chi connectivity index (χ2v) is 4.69. The zero-order chi connectivity index (χ0) is 13.1. The normalized spacial score (nSPS) is 16.9. The first-order valence-corrected chi connectivity index (χ1v) is 6.20. The van der Waals surface area contributed by atoms with Gasteiger partial charge in [0.15, 0.2) is 0 Å². The van der Waals surface area contributed by atoms with Gasteiger partial charge in [0.1, 0.15) is 5.82 Å². The summed E-state index contributed by atoms with van der Waals surface area (Å²) >= 11 is 0. The quantitative estimate of drug-likeness (QED) is 0.807. The lowest BCUT2D eigenvalue weighted by atomic mass is 10.0. The Labute approximate surface area is 107 Å². The first-order chi connectivity index (χ1) is 8.61. The zero-order valence-corrected chi connectivity index (χ0v) is 10.8. The monoisotopic (exact) mass is 251 g/mol. The predicted molar refractivity (Wildman–Crippen MR) is 67.1 cm³/mol. The van der Waals surface area contributed by atoms with Crippen molar-refractivity contribution in [3.63, 3.8) is 0 Å². The number of likely N-dealkylation sites (tertiary alicyclic amines) is 1. The Hall–Kier alpha value is -1.42. The molecule has 1 aliphatic heterocycles. The third-order valence-corrected chi connectivity index (χ3v) is 3.48.